The summed E-state index contributed by atoms with van der Waals surface area (Å²) in [7, 11) is 0. The molecule has 2 N–H and O–H groups in total. The second kappa shape index (κ2) is 9.05. The van der Waals surface area contributed by atoms with E-state index >= 15 is 0 Å². The molecule has 0 spiro atoms. The van der Waals surface area contributed by atoms with Crippen molar-refractivity contribution in [2.24, 2.45) is 0 Å². The summed E-state index contributed by atoms with van der Waals surface area (Å²) in [6, 6.07) is 3.83. The second-order valence-electron chi connectivity index (χ2n) is 5.57. The summed E-state index contributed by atoms with van der Waals surface area (Å²) >= 11 is 5.88. The molecule has 0 bridgehead atoms. The minimum atomic E-state index is -0.683. The number of hydrogen-bond donors (Lipinski definition) is 2. The van der Waals surface area contributed by atoms with Gasteiger partial charge in [-0.3, -0.25) is 4.79 Å². The number of rotatable bonds is 7. The summed E-state index contributed by atoms with van der Waals surface area (Å²) in [5.74, 6) is -0.338. The third kappa shape index (κ3) is 5.97. The Hall–Kier alpha value is -1.37. The molecule has 23 heavy (non-hydrogen) atoms. The number of ether oxygens (including phenoxy) is 1. The molecule has 1 unspecified atom stereocenters. The molecule has 5 nitrogen and oxygen atoms in total. The van der Waals surface area contributed by atoms with Gasteiger partial charge in [-0.15, -0.1) is 0 Å². The second-order valence-corrected chi connectivity index (χ2v) is 5.98. The summed E-state index contributed by atoms with van der Waals surface area (Å²) in [5.41, 5.74) is 0. The lowest BCUT2D eigenvalue weighted by molar-refractivity contribution is -0.127. The predicted octanol–water partition coefficient (Wildman–Crippen LogP) is 1.66. The number of nitrogens with zero attached hydrogens (tertiary/aromatic N) is 1. The minimum Gasteiger partial charge on any atom is -0.479 e. The monoisotopic (exact) mass is 343 g/mol. The van der Waals surface area contributed by atoms with Crippen LogP contribution in [0.25, 0.3) is 0 Å². The van der Waals surface area contributed by atoms with Crippen molar-refractivity contribution in [3.05, 3.63) is 29.0 Å². The van der Waals surface area contributed by atoms with Gasteiger partial charge in [-0.1, -0.05) is 11.6 Å². The van der Waals surface area contributed by atoms with Crippen LogP contribution in [0.3, 0.4) is 0 Å². The molecule has 0 aliphatic carbocycles. The summed E-state index contributed by atoms with van der Waals surface area (Å²) < 4.78 is 18.5. The predicted molar refractivity (Wildman–Crippen MR) is 88.4 cm³/mol. The van der Waals surface area contributed by atoms with E-state index in [4.69, 9.17) is 16.3 Å². The Morgan fingerprint density at radius 1 is 1.48 bits per heavy atom. The molecule has 1 amide bonds. The van der Waals surface area contributed by atoms with Crippen molar-refractivity contribution in [3.8, 4) is 5.75 Å². The highest BCUT2D eigenvalue weighted by Gasteiger charge is 2.16. The molecule has 0 radical (unpaired) electrons. The summed E-state index contributed by atoms with van der Waals surface area (Å²) in [6.07, 6.45) is 0.215. The molecule has 0 aromatic heterocycles. The van der Waals surface area contributed by atoms with Crippen molar-refractivity contribution in [2.75, 3.05) is 39.3 Å². The fraction of sp³-hybridized carbons (Fsp3) is 0.562. The van der Waals surface area contributed by atoms with Crippen LogP contribution in [0.4, 0.5) is 4.39 Å². The Kier molecular flexibility index (Phi) is 7.08. The highest BCUT2D eigenvalue weighted by atomic mass is 35.5. The molecule has 1 aliphatic rings. The van der Waals surface area contributed by atoms with Gasteiger partial charge in [0.15, 0.2) is 6.10 Å². The molecule has 1 aliphatic heterocycles. The van der Waals surface area contributed by atoms with E-state index in [1.807, 2.05) is 0 Å². The van der Waals surface area contributed by atoms with Gasteiger partial charge < -0.3 is 20.3 Å². The zero-order chi connectivity index (χ0) is 16.7. The fourth-order valence-corrected chi connectivity index (χ4v) is 2.62. The number of halogens is 2. The first-order valence-corrected chi connectivity index (χ1v) is 8.26. The van der Waals surface area contributed by atoms with Gasteiger partial charge in [-0.2, -0.15) is 0 Å². The molecule has 128 valence electrons. The van der Waals surface area contributed by atoms with Gasteiger partial charge in [0.05, 0.1) is 5.02 Å². The van der Waals surface area contributed by atoms with E-state index in [2.05, 4.69) is 15.5 Å². The molecule has 1 atom stereocenters. The van der Waals surface area contributed by atoms with E-state index in [0.717, 1.165) is 45.2 Å². The third-order valence-electron chi connectivity index (χ3n) is 3.73. The first-order chi connectivity index (χ1) is 11.1. The van der Waals surface area contributed by atoms with Gasteiger partial charge in [0.25, 0.3) is 5.91 Å². The van der Waals surface area contributed by atoms with Crippen LogP contribution in [-0.2, 0) is 4.79 Å². The Labute approximate surface area is 141 Å². The lowest BCUT2D eigenvalue weighted by atomic mass is 10.3. The molecule has 1 aromatic carbocycles. The smallest absolute Gasteiger partial charge is 0.260 e. The molecule has 1 aromatic rings. The normalized spacial score (nSPS) is 16.8. The quantitative estimate of drug-likeness (QED) is 0.739. The molecule has 0 saturated carbocycles. The summed E-state index contributed by atoms with van der Waals surface area (Å²) in [6.45, 7) is 7.37. The van der Waals surface area contributed by atoms with Gasteiger partial charge in [-0.05, 0) is 38.1 Å². The first kappa shape index (κ1) is 18.0. The Morgan fingerprint density at radius 2 is 2.22 bits per heavy atom. The largest absolute Gasteiger partial charge is 0.479 e. The van der Waals surface area contributed by atoms with Gasteiger partial charge >= 0.3 is 0 Å². The van der Waals surface area contributed by atoms with Crippen molar-refractivity contribution in [1.82, 2.24) is 15.5 Å². The number of piperazine rings is 1. The lowest BCUT2D eigenvalue weighted by Gasteiger charge is -2.27. The van der Waals surface area contributed by atoms with E-state index in [1.54, 1.807) is 6.92 Å². The highest BCUT2D eigenvalue weighted by Crippen LogP contribution is 2.25. The lowest BCUT2D eigenvalue weighted by Crippen LogP contribution is -2.44. The van der Waals surface area contributed by atoms with Gasteiger partial charge in [0.2, 0.25) is 0 Å². The highest BCUT2D eigenvalue weighted by molar-refractivity contribution is 6.32. The van der Waals surface area contributed by atoms with Crippen LogP contribution in [0.1, 0.15) is 13.3 Å². The molecular weight excluding hydrogens is 321 g/mol. The first-order valence-electron chi connectivity index (χ1n) is 7.89. The minimum absolute atomic E-state index is 0.156. The average Bonchev–Trinajstić information content (AvgIpc) is 2.55. The Bertz CT molecular complexity index is 524. The zero-order valence-electron chi connectivity index (χ0n) is 13.3. The van der Waals surface area contributed by atoms with E-state index in [0.29, 0.717) is 12.3 Å². The van der Waals surface area contributed by atoms with Crippen LogP contribution >= 0.6 is 11.6 Å². The number of nitrogens with one attached hydrogen (secondary N) is 2. The number of carbonyl (C=O) groups is 1. The maximum absolute atomic E-state index is 13.0. The molecule has 2 rings (SSSR count). The van der Waals surface area contributed by atoms with Crippen LogP contribution in [0.15, 0.2) is 18.2 Å². The standard InChI is InChI=1S/C16H23ClFN3O2/c1-12(23-15-4-3-13(18)11-14(15)17)16(22)20-5-2-8-21-9-6-19-7-10-21/h3-4,11-12,19H,2,5-10H2,1H3,(H,20,22). The van der Waals surface area contributed by atoms with E-state index in [9.17, 15) is 9.18 Å². The fourth-order valence-electron chi connectivity index (χ4n) is 2.41. The number of hydrogen-bond acceptors (Lipinski definition) is 4. The van der Waals surface area contributed by atoms with Crippen LogP contribution in [0.2, 0.25) is 5.02 Å². The van der Waals surface area contributed by atoms with Crippen molar-refractivity contribution in [3.63, 3.8) is 0 Å². The Balaban J connectivity index is 1.68. The van der Waals surface area contributed by atoms with Gasteiger partial charge in [0.1, 0.15) is 11.6 Å². The summed E-state index contributed by atoms with van der Waals surface area (Å²) in [4.78, 5) is 14.4. The third-order valence-corrected chi connectivity index (χ3v) is 4.02. The maximum Gasteiger partial charge on any atom is 0.260 e. The molecule has 7 heteroatoms. The molecule has 1 fully saturated rings. The van der Waals surface area contributed by atoms with Crippen molar-refractivity contribution >= 4 is 17.5 Å². The van der Waals surface area contributed by atoms with Crippen molar-refractivity contribution < 1.29 is 13.9 Å². The van der Waals surface area contributed by atoms with Crippen LogP contribution in [-0.4, -0.2) is 56.2 Å². The van der Waals surface area contributed by atoms with E-state index < -0.39 is 11.9 Å². The molecular formula is C16H23ClFN3O2. The zero-order valence-corrected chi connectivity index (χ0v) is 14.0. The summed E-state index contributed by atoms with van der Waals surface area (Å²) in [5, 5.41) is 6.31. The van der Waals surface area contributed by atoms with Crippen molar-refractivity contribution in [2.45, 2.75) is 19.4 Å². The van der Waals surface area contributed by atoms with Gasteiger partial charge in [-0.25, -0.2) is 4.39 Å². The number of carbonyl (C=O) groups excluding carboxylic acids is 1. The number of amides is 1. The van der Waals surface area contributed by atoms with Crippen LogP contribution in [0.5, 0.6) is 5.75 Å². The van der Waals surface area contributed by atoms with Crippen molar-refractivity contribution in [1.29, 1.82) is 0 Å². The van der Waals surface area contributed by atoms with Gasteiger partial charge in [0, 0.05) is 32.7 Å². The average molecular weight is 344 g/mol. The molecule has 1 heterocycles. The molecule has 1 saturated heterocycles. The van der Waals surface area contributed by atoms with Crippen LogP contribution in [0, 0.1) is 5.82 Å². The topological polar surface area (TPSA) is 53.6 Å². The SMILES string of the molecule is CC(Oc1ccc(F)cc1Cl)C(=O)NCCCN1CCNCC1. The van der Waals surface area contributed by atoms with E-state index in [1.165, 1.54) is 12.1 Å². The maximum atomic E-state index is 13.0. The van der Waals surface area contributed by atoms with E-state index in [-0.39, 0.29) is 10.9 Å². The number of benzene rings is 1. The Morgan fingerprint density at radius 3 is 2.91 bits per heavy atom. The van der Waals surface area contributed by atoms with Crippen LogP contribution < -0.4 is 15.4 Å².